The summed E-state index contributed by atoms with van der Waals surface area (Å²) in [7, 11) is 4.12. The van der Waals surface area contributed by atoms with Crippen molar-refractivity contribution in [2.45, 2.75) is 6.42 Å². The Morgan fingerprint density at radius 3 is 2.68 bits per heavy atom. The zero-order chi connectivity index (χ0) is 15.9. The van der Waals surface area contributed by atoms with Gasteiger partial charge in [-0.15, -0.1) is 0 Å². The predicted molar refractivity (Wildman–Crippen MR) is 93.4 cm³/mol. The number of rotatable bonds is 7. The van der Waals surface area contributed by atoms with E-state index in [4.69, 9.17) is 23.2 Å². The van der Waals surface area contributed by atoms with Crippen LogP contribution in [0.1, 0.15) is 6.42 Å². The van der Waals surface area contributed by atoms with Crippen LogP contribution < -0.4 is 10.6 Å². The van der Waals surface area contributed by atoms with Crippen LogP contribution in [0.4, 0.5) is 17.5 Å². The second-order valence-corrected chi connectivity index (χ2v) is 5.92. The molecular weight excluding hydrogens is 321 g/mol. The van der Waals surface area contributed by atoms with E-state index < -0.39 is 0 Å². The normalized spacial score (nSPS) is 10.8. The Morgan fingerprint density at radius 2 is 1.95 bits per heavy atom. The SMILES string of the molecule is CN(C)CCCNc1ccnc(Nc2ccc(Cl)c(Cl)c2)n1. The Kier molecular flexibility index (Phi) is 6.24. The maximum Gasteiger partial charge on any atom is 0.229 e. The second-order valence-electron chi connectivity index (χ2n) is 5.10. The van der Waals surface area contributed by atoms with Crippen molar-refractivity contribution in [3.63, 3.8) is 0 Å². The molecule has 0 radical (unpaired) electrons. The number of nitrogens with one attached hydrogen (secondary N) is 2. The van der Waals surface area contributed by atoms with Crippen molar-refractivity contribution in [3.05, 3.63) is 40.5 Å². The smallest absolute Gasteiger partial charge is 0.229 e. The molecule has 5 nitrogen and oxygen atoms in total. The lowest BCUT2D eigenvalue weighted by molar-refractivity contribution is 0.405. The average Bonchev–Trinajstić information content (AvgIpc) is 2.48. The first-order chi connectivity index (χ1) is 10.5. The molecule has 0 fully saturated rings. The van der Waals surface area contributed by atoms with Crippen LogP contribution in [-0.4, -0.2) is 42.1 Å². The van der Waals surface area contributed by atoms with Crippen LogP contribution in [0.3, 0.4) is 0 Å². The van der Waals surface area contributed by atoms with Crippen LogP contribution in [0, 0.1) is 0 Å². The number of halogens is 2. The third kappa shape index (κ3) is 5.33. The van der Waals surface area contributed by atoms with Crippen LogP contribution in [0.25, 0.3) is 0 Å². The van der Waals surface area contributed by atoms with E-state index in [0.29, 0.717) is 16.0 Å². The zero-order valence-corrected chi connectivity index (χ0v) is 14.1. The summed E-state index contributed by atoms with van der Waals surface area (Å²) in [6, 6.07) is 7.14. The predicted octanol–water partition coefficient (Wildman–Crippen LogP) is 3.89. The largest absolute Gasteiger partial charge is 0.370 e. The van der Waals surface area contributed by atoms with Crippen LogP contribution in [0.5, 0.6) is 0 Å². The van der Waals surface area contributed by atoms with Crippen molar-refractivity contribution < 1.29 is 0 Å². The zero-order valence-electron chi connectivity index (χ0n) is 12.6. The molecule has 0 aliphatic rings. The van der Waals surface area contributed by atoms with Crippen molar-refractivity contribution in [1.29, 1.82) is 0 Å². The van der Waals surface area contributed by atoms with E-state index in [-0.39, 0.29) is 0 Å². The number of hydrogen-bond donors (Lipinski definition) is 2. The molecule has 0 aliphatic carbocycles. The van der Waals surface area contributed by atoms with Gasteiger partial charge in [-0.25, -0.2) is 4.98 Å². The van der Waals surface area contributed by atoms with Crippen LogP contribution in [0.15, 0.2) is 30.5 Å². The summed E-state index contributed by atoms with van der Waals surface area (Å²) in [5, 5.41) is 7.40. The third-order valence-electron chi connectivity index (χ3n) is 2.92. The molecule has 2 aromatic rings. The first-order valence-corrected chi connectivity index (χ1v) is 7.74. The fourth-order valence-electron chi connectivity index (χ4n) is 1.83. The molecule has 0 bridgehead atoms. The van der Waals surface area contributed by atoms with Gasteiger partial charge in [-0.3, -0.25) is 0 Å². The first-order valence-electron chi connectivity index (χ1n) is 6.98. The van der Waals surface area contributed by atoms with Gasteiger partial charge in [0.25, 0.3) is 0 Å². The highest BCUT2D eigenvalue weighted by atomic mass is 35.5. The summed E-state index contributed by atoms with van der Waals surface area (Å²) >= 11 is 11.9. The molecular formula is C15H19Cl2N5. The Bertz CT molecular complexity index is 619. The Hall–Kier alpha value is -1.56. The highest BCUT2D eigenvalue weighted by Crippen LogP contribution is 2.26. The molecule has 1 heterocycles. The minimum Gasteiger partial charge on any atom is -0.370 e. The van der Waals surface area contributed by atoms with Gasteiger partial charge in [-0.1, -0.05) is 23.2 Å². The Labute approximate surface area is 140 Å². The van der Waals surface area contributed by atoms with Gasteiger partial charge in [-0.05, 0) is 51.3 Å². The highest BCUT2D eigenvalue weighted by molar-refractivity contribution is 6.42. The van der Waals surface area contributed by atoms with Gasteiger partial charge in [0.15, 0.2) is 0 Å². The van der Waals surface area contributed by atoms with Gasteiger partial charge < -0.3 is 15.5 Å². The van der Waals surface area contributed by atoms with Gasteiger partial charge in [0.2, 0.25) is 5.95 Å². The lowest BCUT2D eigenvalue weighted by Crippen LogP contribution is -2.16. The molecule has 0 spiro atoms. The highest BCUT2D eigenvalue weighted by Gasteiger charge is 2.03. The third-order valence-corrected chi connectivity index (χ3v) is 3.66. The van der Waals surface area contributed by atoms with Gasteiger partial charge in [-0.2, -0.15) is 4.98 Å². The monoisotopic (exact) mass is 339 g/mol. The van der Waals surface area contributed by atoms with E-state index in [9.17, 15) is 0 Å². The van der Waals surface area contributed by atoms with Crippen LogP contribution in [0.2, 0.25) is 10.0 Å². The number of aromatic nitrogens is 2. The maximum atomic E-state index is 5.99. The maximum absolute atomic E-state index is 5.99. The molecule has 2 rings (SSSR count). The topological polar surface area (TPSA) is 53.1 Å². The minimum absolute atomic E-state index is 0.490. The molecule has 118 valence electrons. The number of anilines is 3. The van der Waals surface area contributed by atoms with E-state index >= 15 is 0 Å². The van der Waals surface area contributed by atoms with Gasteiger partial charge in [0.05, 0.1) is 10.0 Å². The van der Waals surface area contributed by atoms with Gasteiger partial charge >= 0.3 is 0 Å². The average molecular weight is 340 g/mol. The summed E-state index contributed by atoms with van der Waals surface area (Å²) in [5.41, 5.74) is 0.791. The molecule has 0 amide bonds. The molecule has 22 heavy (non-hydrogen) atoms. The quantitative estimate of drug-likeness (QED) is 0.749. The first kappa shape index (κ1) is 16.8. The standard InChI is InChI=1S/C15H19Cl2N5/c1-22(2)9-3-7-18-14-6-8-19-15(21-14)20-11-4-5-12(16)13(17)10-11/h4-6,8,10H,3,7,9H2,1-2H3,(H2,18,19,20,21). The molecule has 0 saturated heterocycles. The summed E-state index contributed by atoms with van der Waals surface area (Å²) in [6.07, 6.45) is 2.76. The fraction of sp³-hybridized carbons (Fsp3) is 0.333. The van der Waals surface area contributed by atoms with Crippen molar-refractivity contribution in [1.82, 2.24) is 14.9 Å². The van der Waals surface area contributed by atoms with Crippen molar-refractivity contribution in [2.24, 2.45) is 0 Å². The lowest BCUT2D eigenvalue weighted by Gasteiger charge is -2.11. The Balaban J connectivity index is 1.94. The van der Waals surface area contributed by atoms with Crippen LogP contribution in [-0.2, 0) is 0 Å². The summed E-state index contributed by atoms with van der Waals surface area (Å²) in [6.45, 7) is 1.90. The minimum atomic E-state index is 0.490. The number of benzene rings is 1. The van der Waals surface area contributed by atoms with Crippen molar-refractivity contribution >= 4 is 40.7 Å². The molecule has 1 aromatic heterocycles. The molecule has 1 aromatic carbocycles. The van der Waals surface area contributed by atoms with Crippen molar-refractivity contribution in [3.8, 4) is 0 Å². The molecule has 0 unspecified atom stereocenters. The summed E-state index contributed by atoms with van der Waals surface area (Å²) in [4.78, 5) is 10.8. The van der Waals surface area contributed by atoms with Gasteiger partial charge in [0.1, 0.15) is 5.82 Å². The summed E-state index contributed by atoms with van der Waals surface area (Å²) < 4.78 is 0. The molecule has 2 N–H and O–H groups in total. The number of hydrogen-bond acceptors (Lipinski definition) is 5. The van der Waals surface area contributed by atoms with E-state index in [0.717, 1.165) is 31.0 Å². The molecule has 7 heteroatoms. The van der Waals surface area contributed by atoms with Gasteiger partial charge in [0, 0.05) is 18.4 Å². The molecule has 0 aliphatic heterocycles. The molecule has 0 saturated carbocycles. The van der Waals surface area contributed by atoms with Crippen molar-refractivity contribution in [2.75, 3.05) is 37.8 Å². The second kappa shape index (κ2) is 8.17. The fourth-order valence-corrected chi connectivity index (χ4v) is 2.13. The van der Waals surface area contributed by atoms with E-state index in [1.54, 1.807) is 18.3 Å². The molecule has 0 atom stereocenters. The summed E-state index contributed by atoms with van der Waals surface area (Å²) in [5.74, 6) is 1.30. The van der Waals surface area contributed by atoms with E-state index in [1.807, 2.05) is 12.1 Å². The van der Waals surface area contributed by atoms with E-state index in [1.165, 1.54) is 0 Å². The Morgan fingerprint density at radius 1 is 1.14 bits per heavy atom. The van der Waals surface area contributed by atoms with E-state index in [2.05, 4.69) is 39.6 Å². The number of nitrogens with zero attached hydrogens (tertiary/aromatic N) is 3. The van der Waals surface area contributed by atoms with Crippen LogP contribution >= 0.6 is 23.2 Å². The lowest BCUT2D eigenvalue weighted by atomic mass is 10.3.